The molecule has 0 aliphatic carbocycles. The second-order valence-electron chi connectivity index (χ2n) is 8.14. The van der Waals surface area contributed by atoms with Crippen molar-refractivity contribution in [2.45, 2.75) is 12.8 Å². The molecule has 0 unspecified atom stereocenters. The maximum absolute atomic E-state index is 12.8. The van der Waals surface area contributed by atoms with Gasteiger partial charge in [0.05, 0.1) is 18.2 Å². The second-order valence-corrected chi connectivity index (χ2v) is 8.14. The molecule has 0 aromatic heterocycles. The Morgan fingerprint density at radius 1 is 0.875 bits per heavy atom. The van der Waals surface area contributed by atoms with E-state index in [1.165, 1.54) is 5.56 Å². The summed E-state index contributed by atoms with van der Waals surface area (Å²) < 4.78 is 0. The standard InChI is InChI=1S/C27H28N4O/c28-20-23-11-13-25(14-12-23)31-16-6-15-30(17-18-31)21-27(32)29-26-10-5-4-9-24(26)19-22-7-2-1-3-8-22/h1-5,7-14H,6,15-19,21H2,(H,29,32). The van der Waals surface area contributed by atoms with Crippen molar-refractivity contribution in [3.8, 4) is 6.07 Å². The minimum absolute atomic E-state index is 0.0253. The summed E-state index contributed by atoms with van der Waals surface area (Å²) in [6, 6.07) is 28.2. The van der Waals surface area contributed by atoms with Crippen molar-refractivity contribution in [1.82, 2.24) is 4.90 Å². The third-order valence-corrected chi connectivity index (χ3v) is 5.85. The quantitative estimate of drug-likeness (QED) is 0.641. The zero-order valence-electron chi connectivity index (χ0n) is 18.2. The molecule has 1 aliphatic heterocycles. The lowest BCUT2D eigenvalue weighted by atomic mass is 10.0. The minimum atomic E-state index is 0.0253. The van der Waals surface area contributed by atoms with Gasteiger partial charge in [0.25, 0.3) is 0 Å². The first-order valence-electron chi connectivity index (χ1n) is 11.1. The molecule has 0 saturated carbocycles. The highest BCUT2D eigenvalue weighted by Gasteiger charge is 2.18. The van der Waals surface area contributed by atoms with E-state index >= 15 is 0 Å². The number of amides is 1. The van der Waals surface area contributed by atoms with Crippen molar-refractivity contribution in [3.05, 3.63) is 95.6 Å². The lowest BCUT2D eigenvalue weighted by molar-refractivity contribution is -0.117. The smallest absolute Gasteiger partial charge is 0.238 e. The Bertz CT molecular complexity index is 1070. The summed E-state index contributed by atoms with van der Waals surface area (Å²) in [5, 5.41) is 12.1. The summed E-state index contributed by atoms with van der Waals surface area (Å²) in [5.74, 6) is 0.0253. The number of rotatable bonds is 6. The molecule has 5 heteroatoms. The van der Waals surface area contributed by atoms with Gasteiger partial charge in [0.1, 0.15) is 0 Å². The van der Waals surface area contributed by atoms with Gasteiger partial charge < -0.3 is 10.2 Å². The van der Waals surface area contributed by atoms with Gasteiger partial charge in [-0.3, -0.25) is 9.69 Å². The predicted molar refractivity (Wildman–Crippen MR) is 129 cm³/mol. The van der Waals surface area contributed by atoms with Crippen LogP contribution in [0.3, 0.4) is 0 Å². The van der Waals surface area contributed by atoms with E-state index in [9.17, 15) is 4.79 Å². The van der Waals surface area contributed by atoms with Crippen LogP contribution in [-0.2, 0) is 11.2 Å². The van der Waals surface area contributed by atoms with E-state index in [1.54, 1.807) is 0 Å². The molecule has 3 aromatic rings. The number of carbonyl (C=O) groups is 1. The molecule has 32 heavy (non-hydrogen) atoms. The number of hydrogen-bond acceptors (Lipinski definition) is 4. The van der Waals surface area contributed by atoms with E-state index in [0.29, 0.717) is 12.1 Å². The molecule has 0 atom stereocenters. The van der Waals surface area contributed by atoms with Crippen molar-refractivity contribution < 1.29 is 4.79 Å². The number of para-hydroxylation sites is 1. The molecule has 0 spiro atoms. The topological polar surface area (TPSA) is 59.4 Å². The van der Waals surface area contributed by atoms with E-state index in [2.05, 4.69) is 39.4 Å². The molecule has 4 rings (SSSR count). The van der Waals surface area contributed by atoms with Crippen LogP contribution in [0, 0.1) is 11.3 Å². The van der Waals surface area contributed by atoms with E-state index in [4.69, 9.17) is 5.26 Å². The zero-order chi connectivity index (χ0) is 22.2. The van der Waals surface area contributed by atoms with Crippen LogP contribution >= 0.6 is 0 Å². The van der Waals surface area contributed by atoms with Crippen LogP contribution in [0.25, 0.3) is 0 Å². The molecule has 0 bridgehead atoms. The zero-order valence-corrected chi connectivity index (χ0v) is 18.2. The highest BCUT2D eigenvalue weighted by atomic mass is 16.2. The summed E-state index contributed by atoms with van der Waals surface area (Å²) >= 11 is 0. The molecule has 1 saturated heterocycles. The van der Waals surface area contributed by atoms with E-state index in [0.717, 1.165) is 56.0 Å². The summed E-state index contributed by atoms with van der Waals surface area (Å²) in [7, 11) is 0. The molecule has 1 N–H and O–H groups in total. The van der Waals surface area contributed by atoms with Crippen molar-refractivity contribution in [2.24, 2.45) is 0 Å². The highest BCUT2D eigenvalue weighted by Crippen LogP contribution is 2.20. The fourth-order valence-corrected chi connectivity index (χ4v) is 4.14. The molecule has 1 amide bonds. The van der Waals surface area contributed by atoms with Gasteiger partial charge in [-0.05, 0) is 54.3 Å². The number of anilines is 2. The van der Waals surface area contributed by atoms with Crippen molar-refractivity contribution in [2.75, 3.05) is 42.9 Å². The number of benzene rings is 3. The van der Waals surface area contributed by atoms with Gasteiger partial charge in [0, 0.05) is 37.6 Å². The maximum Gasteiger partial charge on any atom is 0.238 e. The number of nitrogens with one attached hydrogen (secondary N) is 1. The monoisotopic (exact) mass is 424 g/mol. The van der Waals surface area contributed by atoms with Crippen LogP contribution in [0.5, 0.6) is 0 Å². The number of nitrogens with zero attached hydrogens (tertiary/aromatic N) is 3. The maximum atomic E-state index is 12.8. The molecular weight excluding hydrogens is 396 g/mol. The number of hydrogen-bond donors (Lipinski definition) is 1. The Hall–Kier alpha value is -3.62. The normalized spacial score (nSPS) is 14.4. The fraction of sp³-hybridized carbons (Fsp3) is 0.259. The number of carbonyl (C=O) groups excluding carboxylic acids is 1. The Balaban J connectivity index is 1.33. The van der Waals surface area contributed by atoms with Gasteiger partial charge in [0.15, 0.2) is 0 Å². The molecular formula is C27H28N4O. The van der Waals surface area contributed by atoms with Gasteiger partial charge in [-0.1, -0.05) is 48.5 Å². The number of nitriles is 1. The van der Waals surface area contributed by atoms with Gasteiger partial charge >= 0.3 is 0 Å². The second kappa shape index (κ2) is 10.6. The van der Waals surface area contributed by atoms with E-state index in [-0.39, 0.29) is 5.91 Å². The molecule has 0 radical (unpaired) electrons. The lowest BCUT2D eigenvalue weighted by Gasteiger charge is -2.23. The highest BCUT2D eigenvalue weighted by molar-refractivity contribution is 5.93. The Labute approximate surface area is 189 Å². The molecule has 1 heterocycles. The van der Waals surface area contributed by atoms with Crippen LogP contribution in [0.1, 0.15) is 23.1 Å². The summed E-state index contributed by atoms with van der Waals surface area (Å²) in [6.45, 7) is 3.93. The van der Waals surface area contributed by atoms with Crippen LogP contribution < -0.4 is 10.2 Å². The van der Waals surface area contributed by atoms with Crippen LogP contribution in [-0.4, -0.2) is 43.5 Å². The SMILES string of the molecule is N#Cc1ccc(N2CCCN(CC(=O)Nc3ccccc3Cc3ccccc3)CC2)cc1. The van der Waals surface area contributed by atoms with E-state index < -0.39 is 0 Å². The first-order chi connectivity index (χ1) is 15.7. The van der Waals surface area contributed by atoms with Gasteiger partial charge in [-0.25, -0.2) is 0 Å². The third-order valence-electron chi connectivity index (χ3n) is 5.85. The molecule has 5 nitrogen and oxygen atoms in total. The van der Waals surface area contributed by atoms with Crippen molar-refractivity contribution in [3.63, 3.8) is 0 Å². The van der Waals surface area contributed by atoms with Gasteiger partial charge in [-0.15, -0.1) is 0 Å². The molecule has 162 valence electrons. The third kappa shape index (κ3) is 5.75. The Morgan fingerprint density at radius 3 is 2.41 bits per heavy atom. The van der Waals surface area contributed by atoms with E-state index in [1.807, 2.05) is 60.7 Å². The molecule has 3 aromatic carbocycles. The first kappa shape index (κ1) is 21.6. The van der Waals surface area contributed by atoms with Gasteiger partial charge in [-0.2, -0.15) is 5.26 Å². The molecule has 1 aliphatic rings. The first-order valence-corrected chi connectivity index (χ1v) is 11.1. The van der Waals surface area contributed by atoms with Crippen LogP contribution in [0.4, 0.5) is 11.4 Å². The Kier molecular flexibility index (Phi) is 7.16. The van der Waals surface area contributed by atoms with Crippen molar-refractivity contribution >= 4 is 17.3 Å². The molecule has 1 fully saturated rings. The fourth-order valence-electron chi connectivity index (χ4n) is 4.14. The average Bonchev–Trinajstić information content (AvgIpc) is 3.06. The van der Waals surface area contributed by atoms with Crippen LogP contribution in [0.2, 0.25) is 0 Å². The van der Waals surface area contributed by atoms with Crippen LogP contribution in [0.15, 0.2) is 78.9 Å². The van der Waals surface area contributed by atoms with Crippen molar-refractivity contribution in [1.29, 1.82) is 5.26 Å². The van der Waals surface area contributed by atoms with Gasteiger partial charge in [0.2, 0.25) is 5.91 Å². The largest absolute Gasteiger partial charge is 0.370 e. The average molecular weight is 425 g/mol. The lowest BCUT2D eigenvalue weighted by Crippen LogP contribution is -2.36. The summed E-state index contributed by atoms with van der Waals surface area (Å²) in [4.78, 5) is 17.4. The minimum Gasteiger partial charge on any atom is -0.370 e. The summed E-state index contributed by atoms with van der Waals surface area (Å²) in [5.41, 5.74) is 5.04. The summed E-state index contributed by atoms with van der Waals surface area (Å²) in [6.07, 6.45) is 1.79. The Morgan fingerprint density at radius 2 is 1.62 bits per heavy atom. The predicted octanol–water partition coefficient (Wildman–Crippen LogP) is 4.30.